The van der Waals surface area contributed by atoms with Crippen LogP contribution in [0.25, 0.3) is 0 Å². The first-order chi connectivity index (χ1) is 6.40. The predicted octanol–water partition coefficient (Wildman–Crippen LogP) is -4.59. The van der Waals surface area contributed by atoms with Crippen LogP contribution in [0.2, 0.25) is 0 Å². The van der Waals surface area contributed by atoms with E-state index >= 15 is 0 Å². The molecule has 2 aliphatic rings. The van der Waals surface area contributed by atoms with Crippen molar-refractivity contribution < 1.29 is 35.8 Å². The number of nitrogens with one attached hydrogen (secondary N) is 1. The van der Waals surface area contributed by atoms with E-state index in [-0.39, 0.29) is 33.2 Å². The van der Waals surface area contributed by atoms with Gasteiger partial charge in [0.2, 0.25) is 5.72 Å². The van der Waals surface area contributed by atoms with E-state index in [1.807, 2.05) is 0 Å². The molecule has 2 rings (SSSR count). The molecule has 2 fully saturated rings. The van der Waals surface area contributed by atoms with Crippen LogP contribution in [0.3, 0.4) is 0 Å². The summed E-state index contributed by atoms with van der Waals surface area (Å²) in [4.78, 5) is 0. The molecule has 3 atom stereocenters. The number of quaternary nitrogens is 1. The van der Waals surface area contributed by atoms with Crippen LogP contribution in [-0.4, -0.2) is 46.3 Å². The minimum Gasteiger partial charge on any atom is -1.00 e. The van der Waals surface area contributed by atoms with Crippen LogP contribution >= 0.6 is 23.5 Å². The highest BCUT2D eigenvalue weighted by Gasteiger charge is 2.66. The summed E-state index contributed by atoms with van der Waals surface area (Å²) in [6, 6.07) is 0. The standard InChI is InChI=1S/C6H10N2O3S3.BrH/c1-12-3-2-14(10,11)4-6(3,9)8-5(7)13-4;/h3-4,9H,2H2,1H3,(H2,7,8);1H. The normalized spacial score (nSPS) is 42.4. The topological polar surface area (TPSA) is 94.8 Å². The lowest BCUT2D eigenvalue weighted by Gasteiger charge is -2.21. The molecule has 0 bridgehead atoms. The summed E-state index contributed by atoms with van der Waals surface area (Å²) in [6.07, 6.45) is 1.78. The summed E-state index contributed by atoms with van der Waals surface area (Å²) in [5.74, 6) is 0.00606. The summed E-state index contributed by atoms with van der Waals surface area (Å²) >= 11 is 2.28. The van der Waals surface area contributed by atoms with Crippen molar-refractivity contribution in [3.05, 3.63) is 0 Å². The van der Waals surface area contributed by atoms with Crippen molar-refractivity contribution in [3.8, 4) is 0 Å². The number of nitrogens with two attached hydrogens (primary N) is 1. The fraction of sp³-hybridized carbons (Fsp3) is 0.833. The Morgan fingerprint density at radius 1 is 1.73 bits per heavy atom. The third-order valence-corrected chi connectivity index (χ3v) is 7.77. The molecular weight excluding hydrogens is 324 g/mol. The monoisotopic (exact) mass is 334 g/mol. The number of hydrogen-bond donors (Lipinski definition) is 3. The summed E-state index contributed by atoms with van der Waals surface area (Å²) in [6.45, 7) is 0. The van der Waals surface area contributed by atoms with E-state index in [4.69, 9.17) is 5.41 Å². The molecule has 0 radical (unpaired) electrons. The van der Waals surface area contributed by atoms with Gasteiger partial charge in [-0.2, -0.15) is 11.8 Å². The lowest BCUT2D eigenvalue weighted by Crippen LogP contribution is -3.00. The molecule has 2 heterocycles. The van der Waals surface area contributed by atoms with Crippen molar-refractivity contribution in [2.75, 3.05) is 12.0 Å². The zero-order chi connectivity index (χ0) is 10.6. The van der Waals surface area contributed by atoms with Crippen molar-refractivity contribution in [1.82, 2.24) is 0 Å². The summed E-state index contributed by atoms with van der Waals surface area (Å²) in [5, 5.41) is 18.7. The Morgan fingerprint density at radius 3 is 2.87 bits per heavy atom. The molecule has 4 N–H and O–H groups in total. The molecule has 88 valence electrons. The molecule has 0 aromatic rings. The highest BCUT2D eigenvalue weighted by molar-refractivity contribution is 8.23. The zero-order valence-electron chi connectivity index (χ0n) is 7.81. The van der Waals surface area contributed by atoms with Crippen molar-refractivity contribution in [1.29, 1.82) is 5.41 Å². The Hall–Kier alpha value is 0.720. The number of thioether (sulfide) groups is 2. The molecule has 5 nitrogen and oxygen atoms in total. The average Bonchev–Trinajstić information content (AvgIpc) is 2.46. The molecule has 2 aliphatic heterocycles. The first-order valence-electron chi connectivity index (χ1n) is 3.98. The first-order valence-corrected chi connectivity index (χ1v) is 7.86. The van der Waals surface area contributed by atoms with Crippen molar-refractivity contribution >= 4 is 38.5 Å². The van der Waals surface area contributed by atoms with Gasteiger partial charge >= 0.3 is 0 Å². The minimum atomic E-state index is -3.26. The first kappa shape index (κ1) is 13.8. The van der Waals surface area contributed by atoms with Gasteiger partial charge in [0.1, 0.15) is 5.25 Å². The highest BCUT2D eigenvalue weighted by Crippen LogP contribution is 2.41. The van der Waals surface area contributed by atoms with Gasteiger partial charge in [0.05, 0.1) is 5.75 Å². The van der Waals surface area contributed by atoms with E-state index in [0.29, 0.717) is 0 Å². The molecule has 0 aliphatic carbocycles. The van der Waals surface area contributed by atoms with Crippen LogP contribution in [0.1, 0.15) is 0 Å². The van der Waals surface area contributed by atoms with Gasteiger partial charge in [-0.15, -0.1) is 0 Å². The number of fused-ring (bicyclic) bond motifs is 1. The van der Waals surface area contributed by atoms with Crippen LogP contribution < -0.4 is 22.3 Å². The van der Waals surface area contributed by atoms with Gasteiger partial charge in [-0.3, -0.25) is 5.32 Å². The van der Waals surface area contributed by atoms with Crippen molar-refractivity contribution in [2.24, 2.45) is 0 Å². The van der Waals surface area contributed by atoms with E-state index < -0.39 is 20.1 Å². The Balaban J connectivity index is 0.00000112. The fourth-order valence-electron chi connectivity index (χ4n) is 1.82. The lowest BCUT2D eigenvalue weighted by molar-refractivity contribution is -0.662. The van der Waals surface area contributed by atoms with E-state index in [2.05, 4.69) is 0 Å². The Labute approximate surface area is 107 Å². The van der Waals surface area contributed by atoms with Crippen LogP contribution in [-0.2, 0) is 9.84 Å². The number of amidine groups is 1. The van der Waals surface area contributed by atoms with Crippen LogP contribution in [0.4, 0.5) is 0 Å². The Bertz CT molecular complexity index is 387. The molecule has 3 unspecified atom stereocenters. The number of aliphatic hydroxyl groups is 1. The second kappa shape index (κ2) is 4.19. The van der Waals surface area contributed by atoms with Crippen LogP contribution in [0.5, 0.6) is 0 Å². The number of halogens is 1. The molecule has 0 saturated carbocycles. The SMILES string of the molecule is CSC1CS(=O)(=O)C2SC(=N)[NH2+]C12O.[Br-]. The van der Waals surface area contributed by atoms with Gasteiger partial charge in [0, 0.05) is 0 Å². The van der Waals surface area contributed by atoms with Crippen LogP contribution in [0.15, 0.2) is 0 Å². The highest BCUT2D eigenvalue weighted by atomic mass is 79.9. The summed E-state index contributed by atoms with van der Waals surface area (Å²) in [5.41, 5.74) is -1.33. The van der Waals surface area contributed by atoms with E-state index in [1.54, 1.807) is 6.26 Å². The summed E-state index contributed by atoms with van der Waals surface area (Å²) in [7, 11) is -3.26. The smallest absolute Gasteiger partial charge is 0.256 e. The Morgan fingerprint density at radius 2 is 2.33 bits per heavy atom. The number of hydrogen-bond acceptors (Lipinski definition) is 6. The van der Waals surface area contributed by atoms with Gasteiger partial charge < -0.3 is 22.1 Å². The number of sulfone groups is 1. The maximum Gasteiger partial charge on any atom is 0.256 e. The second-order valence-corrected chi connectivity index (χ2v) is 8.02. The van der Waals surface area contributed by atoms with Gasteiger partial charge in [0.15, 0.2) is 14.4 Å². The fourth-order valence-corrected chi connectivity index (χ4v) is 7.40. The van der Waals surface area contributed by atoms with E-state index in [9.17, 15) is 13.5 Å². The van der Waals surface area contributed by atoms with Crippen molar-refractivity contribution in [2.45, 2.75) is 15.6 Å². The molecule has 9 heteroatoms. The quantitative estimate of drug-likeness (QED) is 0.448. The third-order valence-electron chi connectivity index (χ3n) is 2.48. The van der Waals surface area contributed by atoms with Gasteiger partial charge in [0.25, 0.3) is 5.17 Å². The zero-order valence-corrected chi connectivity index (χ0v) is 11.8. The number of rotatable bonds is 1. The maximum atomic E-state index is 11.7. The minimum absolute atomic E-state index is 0. The molecule has 0 spiro atoms. The molecule has 0 aromatic heterocycles. The third kappa shape index (κ3) is 1.98. The molecule has 0 amide bonds. The average molecular weight is 335 g/mol. The molecule has 15 heavy (non-hydrogen) atoms. The summed E-state index contributed by atoms with van der Waals surface area (Å²) < 4.78 is 22.4. The predicted molar refractivity (Wildman–Crippen MR) is 57.1 cm³/mol. The van der Waals surface area contributed by atoms with E-state index in [1.165, 1.54) is 17.1 Å². The molecule has 2 saturated heterocycles. The van der Waals surface area contributed by atoms with Gasteiger partial charge in [-0.25, -0.2) is 13.8 Å². The van der Waals surface area contributed by atoms with Gasteiger partial charge in [-0.1, -0.05) is 0 Å². The van der Waals surface area contributed by atoms with Crippen molar-refractivity contribution in [3.63, 3.8) is 0 Å². The Kier molecular flexibility index (Phi) is 3.85. The molecule has 0 aromatic carbocycles. The largest absolute Gasteiger partial charge is 1.00 e. The lowest BCUT2D eigenvalue weighted by atomic mass is 10.2. The maximum absolute atomic E-state index is 11.7. The van der Waals surface area contributed by atoms with Gasteiger partial charge in [-0.05, 0) is 18.0 Å². The van der Waals surface area contributed by atoms with E-state index in [0.717, 1.165) is 11.8 Å². The molecular formula is C6H11BrN2O3S3. The van der Waals surface area contributed by atoms with Crippen LogP contribution in [0, 0.1) is 5.41 Å². The second-order valence-electron chi connectivity index (χ2n) is 3.40.